The summed E-state index contributed by atoms with van der Waals surface area (Å²) in [5.74, 6) is 0. The fourth-order valence-electron chi connectivity index (χ4n) is 3.17. The predicted molar refractivity (Wildman–Crippen MR) is 106 cm³/mol. The van der Waals surface area contributed by atoms with Crippen LogP contribution in [0.4, 0.5) is 32.8 Å². The maximum Gasteiger partial charge on any atom is 0.103 e. The van der Waals surface area contributed by atoms with E-state index in [2.05, 4.69) is 33.0 Å². The summed E-state index contributed by atoms with van der Waals surface area (Å²) in [6.07, 6.45) is 0.539. The van der Waals surface area contributed by atoms with Crippen molar-refractivity contribution in [3.63, 3.8) is 0 Å². The summed E-state index contributed by atoms with van der Waals surface area (Å²) in [6, 6.07) is 13.8. The Morgan fingerprint density at radius 2 is 1.77 bits per heavy atom. The molecular formula is C19H24FN5O. The van der Waals surface area contributed by atoms with Crippen LogP contribution in [-0.4, -0.2) is 33.4 Å². The van der Waals surface area contributed by atoms with Crippen molar-refractivity contribution in [3.8, 4) is 0 Å². The van der Waals surface area contributed by atoms with Crippen LogP contribution >= 0.6 is 0 Å². The Hall–Kier alpha value is -2.83. The van der Waals surface area contributed by atoms with Gasteiger partial charge in [-0.3, -0.25) is 0 Å². The first-order valence-corrected chi connectivity index (χ1v) is 8.75. The van der Waals surface area contributed by atoms with Gasteiger partial charge in [-0.25, -0.2) is 9.40 Å². The number of hydrogen-bond acceptors (Lipinski definition) is 5. The second-order valence-electron chi connectivity index (χ2n) is 6.42. The molecule has 6 nitrogen and oxygen atoms in total. The van der Waals surface area contributed by atoms with Crippen molar-refractivity contribution in [2.24, 2.45) is 5.29 Å². The Labute approximate surface area is 152 Å². The van der Waals surface area contributed by atoms with Gasteiger partial charge in [0.25, 0.3) is 0 Å². The maximum absolute atomic E-state index is 13.3. The van der Waals surface area contributed by atoms with Crippen molar-refractivity contribution in [1.29, 1.82) is 0 Å². The minimum absolute atomic E-state index is 0.600. The quantitative estimate of drug-likeness (QED) is 0.588. The summed E-state index contributed by atoms with van der Waals surface area (Å²) >= 11 is 0. The molecule has 0 saturated carbocycles. The molecule has 3 rings (SSSR count). The highest BCUT2D eigenvalue weighted by Crippen LogP contribution is 2.30. The zero-order valence-electron chi connectivity index (χ0n) is 15.1. The van der Waals surface area contributed by atoms with E-state index in [0.717, 1.165) is 35.8 Å². The van der Waals surface area contributed by atoms with Gasteiger partial charge in [-0.15, -0.1) is 4.91 Å². The molecule has 138 valence electrons. The van der Waals surface area contributed by atoms with Crippen LogP contribution in [0, 0.1) is 4.91 Å². The van der Waals surface area contributed by atoms with Gasteiger partial charge in [0.05, 0.1) is 16.7 Å². The normalized spacial score (nSPS) is 14.8. The predicted octanol–water partition coefficient (Wildman–Crippen LogP) is 4.53. The van der Waals surface area contributed by atoms with E-state index in [0.29, 0.717) is 18.5 Å². The van der Waals surface area contributed by atoms with Gasteiger partial charge in [-0.05, 0) is 55.3 Å². The second kappa shape index (κ2) is 8.03. The molecule has 0 unspecified atom stereocenters. The van der Waals surface area contributed by atoms with E-state index in [1.165, 1.54) is 5.01 Å². The van der Waals surface area contributed by atoms with E-state index < -0.39 is 6.17 Å². The molecule has 1 saturated heterocycles. The van der Waals surface area contributed by atoms with Crippen LogP contribution in [-0.2, 0) is 0 Å². The first-order valence-electron chi connectivity index (χ1n) is 8.75. The number of halogens is 1. The molecule has 1 aliphatic heterocycles. The first-order chi connectivity index (χ1) is 12.6. The van der Waals surface area contributed by atoms with E-state index in [1.807, 2.05) is 30.3 Å². The molecule has 0 amide bonds. The third-order valence-electron chi connectivity index (χ3n) is 4.68. The number of nitrogens with one attached hydrogen (secondary N) is 2. The van der Waals surface area contributed by atoms with Crippen LogP contribution < -0.4 is 20.5 Å². The van der Waals surface area contributed by atoms with Crippen molar-refractivity contribution >= 4 is 28.4 Å². The van der Waals surface area contributed by atoms with Crippen molar-refractivity contribution in [2.45, 2.75) is 19.0 Å². The van der Waals surface area contributed by atoms with Gasteiger partial charge in [0.1, 0.15) is 6.17 Å². The minimum Gasteiger partial charge on any atom is -0.386 e. The molecule has 7 heteroatoms. The molecule has 1 fully saturated rings. The number of alkyl halides is 1. The van der Waals surface area contributed by atoms with Crippen LogP contribution in [0.5, 0.6) is 0 Å². The number of rotatable bonds is 6. The number of benzene rings is 2. The highest BCUT2D eigenvalue weighted by Gasteiger charge is 2.18. The highest BCUT2D eigenvalue weighted by atomic mass is 19.1. The Kier molecular flexibility index (Phi) is 5.55. The van der Waals surface area contributed by atoms with Crippen molar-refractivity contribution in [1.82, 2.24) is 0 Å². The molecular weight excluding hydrogens is 333 g/mol. The largest absolute Gasteiger partial charge is 0.386 e. The zero-order chi connectivity index (χ0) is 18.5. The summed E-state index contributed by atoms with van der Waals surface area (Å²) in [5.41, 5.74) is 4.50. The lowest BCUT2D eigenvalue weighted by Crippen LogP contribution is -2.34. The van der Waals surface area contributed by atoms with Crippen molar-refractivity contribution in [3.05, 3.63) is 47.4 Å². The minimum atomic E-state index is -0.662. The molecule has 1 aliphatic rings. The monoisotopic (exact) mass is 357 g/mol. The van der Waals surface area contributed by atoms with Crippen LogP contribution in [0.3, 0.4) is 0 Å². The van der Waals surface area contributed by atoms with Gasteiger partial charge in [-0.1, -0.05) is 0 Å². The molecule has 0 bridgehead atoms. The van der Waals surface area contributed by atoms with E-state index in [9.17, 15) is 9.30 Å². The highest BCUT2D eigenvalue weighted by molar-refractivity contribution is 5.76. The molecule has 0 atom stereocenters. The van der Waals surface area contributed by atoms with Crippen molar-refractivity contribution in [2.75, 3.05) is 47.7 Å². The number of hydrogen-bond donors (Lipinski definition) is 2. The van der Waals surface area contributed by atoms with Gasteiger partial charge < -0.3 is 15.5 Å². The SMILES string of the molecule is CNc1cc(Nc2ccc(N3CCC(F)CC3)cc2)ccc1N(C)N=O. The lowest BCUT2D eigenvalue weighted by molar-refractivity contribution is 0.277. The Morgan fingerprint density at radius 3 is 2.38 bits per heavy atom. The molecule has 2 N–H and O–H groups in total. The smallest absolute Gasteiger partial charge is 0.103 e. The van der Waals surface area contributed by atoms with E-state index in [1.54, 1.807) is 14.1 Å². The Bertz CT molecular complexity index is 744. The molecule has 0 spiro atoms. The fourth-order valence-corrected chi connectivity index (χ4v) is 3.17. The first kappa shape index (κ1) is 18.0. The number of anilines is 5. The summed E-state index contributed by atoms with van der Waals surface area (Å²) in [7, 11) is 3.41. The number of nitroso groups, excluding NO2 is 1. The Balaban J connectivity index is 1.70. The lowest BCUT2D eigenvalue weighted by atomic mass is 10.1. The Morgan fingerprint density at radius 1 is 1.12 bits per heavy atom. The standard InChI is InChI=1S/C19H24FN5O/c1-21-18-13-16(5-8-19(18)24(2)23-26)22-15-3-6-17(7-4-15)25-11-9-14(20)10-12-25/h3-8,13-14,21-22H,9-12H2,1-2H3. The van der Waals surface area contributed by atoms with Gasteiger partial charge in [0.2, 0.25) is 0 Å². The second-order valence-corrected chi connectivity index (χ2v) is 6.42. The molecule has 0 radical (unpaired) electrons. The van der Waals surface area contributed by atoms with Crippen LogP contribution in [0.25, 0.3) is 0 Å². The van der Waals surface area contributed by atoms with Gasteiger partial charge in [0.15, 0.2) is 0 Å². The third-order valence-corrected chi connectivity index (χ3v) is 4.68. The molecule has 0 aromatic heterocycles. The lowest BCUT2D eigenvalue weighted by Gasteiger charge is -2.30. The molecule has 2 aromatic carbocycles. The van der Waals surface area contributed by atoms with Crippen LogP contribution in [0.1, 0.15) is 12.8 Å². The van der Waals surface area contributed by atoms with Gasteiger partial charge in [-0.2, -0.15) is 0 Å². The van der Waals surface area contributed by atoms with Gasteiger partial charge >= 0.3 is 0 Å². The topological polar surface area (TPSA) is 60.0 Å². The molecule has 26 heavy (non-hydrogen) atoms. The summed E-state index contributed by atoms with van der Waals surface area (Å²) < 4.78 is 13.3. The van der Waals surface area contributed by atoms with Crippen LogP contribution in [0.2, 0.25) is 0 Å². The fraction of sp³-hybridized carbons (Fsp3) is 0.368. The van der Waals surface area contributed by atoms with E-state index in [-0.39, 0.29) is 0 Å². The molecule has 2 aromatic rings. The number of piperidine rings is 1. The van der Waals surface area contributed by atoms with E-state index >= 15 is 0 Å². The zero-order valence-corrected chi connectivity index (χ0v) is 15.1. The molecule has 1 heterocycles. The summed E-state index contributed by atoms with van der Waals surface area (Å²) in [4.78, 5) is 13.0. The van der Waals surface area contributed by atoms with E-state index in [4.69, 9.17) is 0 Å². The third kappa shape index (κ3) is 4.04. The molecule has 0 aliphatic carbocycles. The van der Waals surface area contributed by atoms with Crippen LogP contribution in [0.15, 0.2) is 47.8 Å². The average Bonchev–Trinajstić information content (AvgIpc) is 2.68. The summed E-state index contributed by atoms with van der Waals surface area (Å²) in [6.45, 7) is 1.53. The van der Waals surface area contributed by atoms with Gasteiger partial charge in [0, 0.05) is 44.2 Å². The van der Waals surface area contributed by atoms with Crippen molar-refractivity contribution < 1.29 is 4.39 Å². The summed E-state index contributed by atoms with van der Waals surface area (Å²) in [5, 5.41) is 10.6. The number of nitrogens with zero attached hydrogens (tertiary/aromatic N) is 3. The average molecular weight is 357 g/mol. The maximum atomic E-state index is 13.3.